The molecule has 0 atom stereocenters. The van der Waals surface area contributed by atoms with Gasteiger partial charge in [0.2, 0.25) is 0 Å². The summed E-state index contributed by atoms with van der Waals surface area (Å²) in [5, 5.41) is -0.427. The highest BCUT2D eigenvalue weighted by Gasteiger charge is 2.31. The quantitative estimate of drug-likeness (QED) is 0.626. The lowest BCUT2D eigenvalue weighted by molar-refractivity contribution is -0.137. The normalized spacial score (nSPS) is 12.2. The number of alkyl halides is 3. The van der Waals surface area contributed by atoms with Crippen molar-refractivity contribution in [1.29, 1.82) is 0 Å². The number of halogens is 5. The molecule has 0 aliphatic carbocycles. The minimum Gasteiger partial charge on any atom is -0.291 e. The molecule has 2 rings (SSSR count). The maximum Gasteiger partial charge on any atom is 0.417 e. The minimum absolute atomic E-state index is 0.149. The number of aryl methyl sites for hydroxylation is 1. The number of pyridine rings is 1. The molecule has 1 heterocycles. The predicted molar refractivity (Wildman–Crippen MR) is 79.3 cm³/mol. The van der Waals surface area contributed by atoms with Crippen LogP contribution in [0.4, 0.5) is 23.4 Å². The van der Waals surface area contributed by atoms with Crippen LogP contribution in [0.1, 0.15) is 11.1 Å². The van der Waals surface area contributed by atoms with Crippen molar-refractivity contribution in [1.82, 2.24) is 9.82 Å². The molecule has 0 unspecified atom stereocenters. The summed E-state index contributed by atoms with van der Waals surface area (Å²) in [7, 11) is -4.11. The van der Waals surface area contributed by atoms with Crippen LogP contribution < -0.4 is 10.3 Å². The second-order valence-corrected chi connectivity index (χ2v) is 6.75. The van der Waals surface area contributed by atoms with Crippen molar-refractivity contribution >= 4 is 27.4 Å². The third-order valence-electron chi connectivity index (χ3n) is 2.90. The topological polar surface area (TPSA) is 71.1 Å². The first-order valence-electron chi connectivity index (χ1n) is 6.27. The van der Waals surface area contributed by atoms with Crippen LogP contribution in [0, 0.1) is 12.7 Å². The van der Waals surface area contributed by atoms with Crippen LogP contribution in [0.15, 0.2) is 35.4 Å². The van der Waals surface area contributed by atoms with Gasteiger partial charge in [-0.15, -0.1) is 4.83 Å². The number of nitrogens with zero attached hydrogens (tertiary/aromatic N) is 1. The first-order chi connectivity index (χ1) is 11.0. The second-order valence-electron chi connectivity index (χ2n) is 4.69. The fraction of sp³-hybridized carbons (Fsp3) is 0.154. The fourth-order valence-corrected chi connectivity index (χ4v) is 3.05. The zero-order valence-corrected chi connectivity index (χ0v) is 13.5. The van der Waals surface area contributed by atoms with Crippen LogP contribution >= 0.6 is 11.6 Å². The molecule has 0 radical (unpaired) electrons. The third-order valence-corrected chi connectivity index (χ3v) is 4.59. The lowest BCUT2D eigenvalue weighted by atomic mass is 10.2. The number of hydrogen-bond donors (Lipinski definition) is 2. The number of aromatic nitrogens is 1. The first kappa shape index (κ1) is 18.4. The lowest BCUT2D eigenvalue weighted by Crippen LogP contribution is -2.30. The van der Waals surface area contributed by atoms with Crippen molar-refractivity contribution < 1.29 is 26.0 Å². The van der Waals surface area contributed by atoms with Crippen LogP contribution in [-0.4, -0.2) is 13.4 Å². The van der Waals surface area contributed by atoms with Crippen LogP contribution in [-0.2, 0) is 16.2 Å². The molecule has 2 N–H and O–H groups in total. The van der Waals surface area contributed by atoms with E-state index < -0.39 is 32.6 Å². The van der Waals surface area contributed by atoms with E-state index in [1.54, 1.807) is 0 Å². The smallest absolute Gasteiger partial charge is 0.291 e. The summed E-state index contributed by atoms with van der Waals surface area (Å²) in [4.78, 5) is 5.14. The van der Waals surface area contributed by atoms with E-state index in [1.807, 2.05) is 4.83 Å². The van der Waals surface area contributed by atoms with E-state index in [2.05, 4.69) is 10.4 Å². The maximum atomic E-state index is 13.0. The van der Waals surface area contributed by atoms with Gasteiger partial charge in [-0.2, -0.15) is 13.2 Å². The molecule has 11 heteroatoms. The molecular weight excluding hydrogens is 374 g/mol. The molecule has 0 fully saturated rings. The van der Waals surface area contributed by atoms with Gasteiger partial charge in [0.05, 0.1) is 15.5 Å². The van der Waals surface area contributed by atoms with Gasteiger partial charge in [-0.3, -0.25) is 5.43 Å². The van der Waals surface area contributed by atoms with Crippen molar-refractivity contribution in [3.8, 4) is 0 Å². The molecule has 0 spiro atoms. The summed E-state index contributed by atoms with van der Waals surface area (Å²) < 4.78 is 74.8. The Kier molecular flexibility index (Phi) is 5.02. The zero-order valence-electron chi connectivity index (χ0n) is 11.9. The Bertz CT molecular complexity index is 872. The third kappa shape index (κ3) is 4.13. The number of hydrogen-bond acceptors (Lipinski definition) is 4. The van der Waals surface area contributed by atoms with Gasteiger partial charge < -0.3 is 0 Å². The summed E-state index contributed by atoms with van der Waals surface area (Å²) >= 11 is 5.65. The van der Waals surface area contributed by atoms with Crippen LogP contribution in [0.25, 0.3) is 0 Å². The van der Waals surface area contributed by atoms with E-state index in [1.165, 1.54) is 6.92 Å². The highest BCUT2D eigenvalue weighted by atomic mass is 35.5. The predicted octanol–water partition coefficient (Wildman–Crippen LogP) is 3.51. The molecule has 1 aromatic heterocycles. The van der Waals surface area contributed by atoms with Crippen LogP contribution in [0.3, 0.4) is 0 Å². The van der Waals surface area contributed by atoms with Crippen LogP contribution in [0.2, 0.25) is 5.02 Å². The fourth-order valence-electron chi connectivity index (χ4n) is 1.77. The Labute approximate surface area is 139 Å². The van der Waals surface area contributed by atoms with Gasteiger partial charge in [0.15, 0.2) is 5.82 Å². The number of benzene rings is 1. The number of rotatable bonds is 4. The Hall–Kier alpha value is -1.91. The number of nitrogens with one attached hydrogen (secondary N) is 2. The highest BCUT2D eigenvalue weighted by molar-refractivity contribution is 7.89. The number of anilines is 1. The SMILES string of the molecule is Cc1cc(F)ccc1S(=O)(=O)NNc1ncc(C(F)(F)F)cc1Cl. The molecule has 1 aromatic carbocycles. The first-order valence-corrected chi connectivity index (χ1v) is 8.13. The summed E-state index contributed by atoms with van der Waals surface area (Å²) in [6.45, 7) is 1.39. The van der Waals surface area contributed by atoms with Crippen molar-refractivity contribution in [2.45, 2.75) is 18.0 Å². The summed E-state index contributed by atoms with van der Waals surface area (Å²) in [6.07, 6.45) is -4.12. The summed E-state index contributed by atoms with van der Waals surface area (Å²) in [5.41, 5.74) is 1.21. The average Bonchev–Trinajstić information content (AvgIpc) is 2.44. The van der Waals surface area contributed by atoms with E-state index in [9.17, 15) is 26.0 Å². The summed E-state index contributed by atoms with van der Waals surface area (Å²) in [5.74, 6) is -0.917. The van der Waals surface area contributed by atoms with Crippen LogP contribution in [0.5, 0.6) is 0 Å². The van der Waals surface area contributed by atoms with E-state index in [0.717, 1.165) is 18.2 Å². The molecule has 0 amide bonds. The molecule has 0 aliphatic heterocycles. The molecule has 0 aliphatic rings. The van der Waals surface area contributed by atoms with E-state index in [0.29, 0.717) is 12.3 Å². The van der Waals surface area contributed by atoms with Gasteiger partial charge in [-0.25, -0.2) is 17.8 Å². The highest BCUT2D eigenvalue weighted by Crippen LogP contribution is 2.32. The van der Waals surface area contributed by atoms with Gasteiger partial charge in [0.1, 0.15) is 5.82 Å². The molecule has 0 saturated carbocycles. The van der Waals surface area contributed by atoms with Crippen molar-refractivity contribution in [3.05, 3.63) is 52.4 Å². The molecule has 0 bridgehead atoms. The van der Waals surface area contributed by atoms with E-state index in [-0.39, 0.29) is 16.3 Å². The Morgan fingerprint density at radius 1 is 1.21 bits per heavy atom. The maximum absolute atomic E-state index is 13.0. The van der Waals surface area contributed by atoms with Gasteiger partial charge in [-0.05, 0) is 36.8 Å². The Morgan fingerprint density at radius 3 is 2.42 bits per heavy atom. The molecule has 5 nitrogen and oxygen atoms in total. The molecule has 24 heavy (non-hydrogen) atoms. The molecule has 130 valence electrons. The standard InChI is InChI=1S/C13H10ClF4N3O2S/c1-7-4-9(15)2-3-11(7)24(22,23)21-20-12-10(14)5-8(6-19-12)13(16,17)18/h2-6,21H,1H3,(H,19,20). The zero-order chi connectivity index (χ0) is 18.1. The summed E-state index contributed by atoms with van der Waals surface area (Å²) in [6, 6.07) is 3.65. The molecule has 2 aromatic rings. The number of hydrazine groups is 1. The number of sulfonamides is 1. The van der Waals surface area contributed by atoms with Gasteiger partial charge in [0, 0.05) is 6.20 Å². The van der Waals surface area contributed by atoms with Gasteiger partial charge >= 0.3 is 6.18 Å². The van der Waals surface area contributed by atoms with E-state index >= 15 is 0 Å². The van der Waals surface area contributed by atoms with E-state index in [4.69, 9.17) is 11.6 Å². The largest absolute Gasteiger partial charge is 0.417 e. The van der Waals surface area contributed by atoms with Gasteiger partial charge in [0.25, 0.3) is 10.0 Å². The lowest BCUT2D eigenvalue weighted by Gasteiger charge is -2.13. The molecular formula is C13H10ClF4N3O2S. The van der Waals surface area contributed by atoms with Crippen molar-refractivity contribution in [2.75, 3.05) is 5.43 Å². The molecule has 0 saturated heterocycles. The Morgan fingerprint density at radius 2 is 1.88 bits per heavy atom. The van der Waals surface area contributed by atoms with Crippen molar-refractivity contribution in [2.24, 2.45) is 0 Å². The van der Waals surface area contributed by atoms with Gasteiger partial charge in [-0.1, -0.05) is 11.6 Å². The van der Waals surface area contributed by atoms with Crippen molar-refractivity contribution in [3.63, 3.8) is 0 Å². The minimum atomic E-state index is -4.63. The Balaban J connectivity index is 2.21. The second kappa shape index (κ2) is 6.54. The monoisotopic (exact) mass is 383 g/mol. The average molecular weight is 384 g/mol.